The van der Waals surface area contributed by atoms with Crippen LogP contribution in [-0.2, 0) is 0 Å². The highest BCUT2D eigenvalue weighted by Gasteiger charge is 2.06. The summed E-state index contributed by atoms with van der Waals surface area (Å²) in [6, 6.07) is 15.0. The van der Waals surface area contributed by atoms with Crippen LogP contribution in [0.2, 0.25) is 5.02 Å². The van der Waals surface area contributed by atoms with Crippen LogP contribution in [0.5, 0.6) is 5.75 Å². The van der Waals surface area contributed by atoms with E-state index in [1.807, 2.05) is 48.5 Å². The number of nitrogens with one attached hydrogen (secondary N) is 2. The van der Waals surface area contributed by atoms with E-state index in [2.05, 4.69) is 20.5 Å². The summed E-state index contributed by atoms with van der Waals surface area (Å²) in [6.07, 6.45) is 0. The molecule has 0 aliphatic carbocycles. The van der Waals surface area contributed by atoms with E-state index in [0.29, 0.717) is 16.8 Å². The highest BCUT2D eigenvalue weighted by atomic mass is 35.5. The molecule has 0 radical (unpaired) electrons. The minimum Gasteiger partial charge on any atom is -0.497 e. The lowest BCUT2D eigenvalue weighted by Crippen LogP contribution is -1.92. The van der Waals surface area contributed by atoms with Gasteiger partial charge in [-0.25, -0.2) is 0 Å². The van der Waals surface area contributed by atoms with E-state index in [0.717, 1.165) is 17.0 Å². The largest absolute Gasteiger partial charge is 0.497 e. The molecule has 21 heavy (non-hydrogen) atoms. The lowest BCUT2D eigenvalue weighted by atomic mass is 10.2. The van der Waals surface area contributed by atoms with Crippen LogP contribution in [0.3, 0.4) is 0 Å². The lowest BCUT2D eigenvalue weighted by Gasteiger charge is -2.03. The Hall–Kier alpha value is -2.53. The van der Waals surface area contributed by atoms with Gasteiger partial charge in [0.25, 0.3) is 0 Å². The van der Waals surface area contributed by atoms with Gasteiger partial charge in [0.1, 0.15) is 5.75 Å². The van der Waals surface area contributed by atoms with Gasteiger partial charge in [-0.1, -0.05) is 23.7 Å². The van der Waals surface area contributed by atoms with E-state index < -0.39 is 0 Å². The first kappa shape index (κ1) is 13.5. The number of nitrogens with zero attached hydrogens (tertiary/aromatic N) is 2. The summed E-state index contributed by atoms with van der Waals surface area (Å²) < 4.78 is 5.11. The Balaban J connectivity index is 1.78. The maximum Gasteiger partial charge on any atom is 0.246 e. The molecule has 2 N–H and O–H groups in total. The van der Waals surface area contributed by atoms with Gasteiger partial charge in [-0.2, -0.15) is 4.98 Å². The van der Waals surface area contributed by atoms with Gasteiger partial charge in [0, 0.05) is 16.3 Å². The third-order valence-electron chi connectivity index (χ3n) is 2.93. The lowest BCUT2D eigenvalue weighted by molar-refractivity contribution is 0.415. The topological polar surface area (TPSA) is 62.8 Å². The summed E-state index contributed by atoms with van der Waals surface area (Å²) in [5.74, 6) is 1.96. The molecule has 0 fully saturated rings. The normalized spacial score (nSPS) is 10.4. The summed E-state index contributed by atoms with van der Waals surface area (Å²) in [4.78, 5) is 4.39. The third kappa shape index (κ3) is 3.14. The number of hydrogen-bond acceptors (Lipinski definition) is 4. The van der Waals surface area contributed by atoms with Crippen LogP contribution in [0.25, 0.3) is 11.4 Å². The van der Waals surface area contributed by atoms with E-state index in [4.69, 9.17) is 16.3 Å². The zero-order valence-electron chi connectivity index (χ0n) is 11.3. The molecule has 0 aliphatic rings. The maximum atomic E-state index is 5.97. The molecule has 0 bridgehead atoms. The average Bonchev–Trinajstić information content (AvgIpc) is 2.97. The van der Waals surface area contributed by atoms with Crippen LogP contribution in [0.15, 0.2) is 48.5 Å². The van der Waals surface area contributed by atoms with Crippen LogP contribution in [0.4, 0.5) is 11.6 Å². The van der Waals surface area contributed by atoms with Gasteiger partial charge in [-0.15, -0.1) is 5.10 Å². The van der Waals surface area contributed by atoms with Gasteiger partial charge in [-0.05, 0) is 36.4 Å². The number of aromatic nitrogens is 3. The standard InChI is InChI=1S/C15H13ClN4O/c1-21-13-7-5-12(6-8-13)17-15-18-14(19-20-15)10-3-2-4-11(16)9-10/h2-9H,1H3,(H2,17,18,19,20). The Bertz CT molecular complexity index is 739. The molecule has 1 aromatic heterocycles. The van der Waals surface area contributed by atoms with Gasteiger partial charge >= 0.3 is 0 Å². The fourth-order valence-corrected chi connectivity index (χ4v) is 2.08. The highest BCUT2D eigenvalue weighted by Crippen LogP contribution is 2.22. The van der Waals surface area contributed by atoms with E-state index >= 15 is 0 Å². The molecule has 106 valence electrons. The van der Waals surface area contributed by atoms with Gasteiger partial charge in [0.05, 0.1) is 7.11 Å². The Morgan fingerprint density at radius 1 is 1.14 bits per heavy atom. The van der Waals surface area contributed by atoms with E-state index in [1.54, 1.807) is 7.11 Å². The van der Waals surface area contributed by atoms with E-state index in [1.165, 1.54) is 0 Å². The predicted octanol–water partition coefficient (Wildman–Crippen LogP) is 3.88. The van der Waals surface area contributed by atoms with Crippen molar-refractivity contribution >= 4 is 23.2 Å². The smallest absolute Gasteiger partial charge is 0.246 e. The van der Waals surface area contributed by atoms with Crippen LogP contribution >= 0.6 is 11.6 Å². The number of H-pyrrole nitrogens is 1. The minimum atomic E-state index is 0.496. The maximum absolute atomic E-state index is 5.97. The summed E-state index contributed by atoms with van der Waals surface area (Å²) in [5, 5.41) is 10.8. The number of hydrogen-bond donors (Lipinski definition) is 2. The Kier molecular flexibility index (Phi) is 3.75. The van der Waals surface area contributed by atoms with Crippen LogP contribution in [0, 0.1) is 0 Å². The number of ether oxygens (including phenoxy) is 1. The van der Waals surface area contributed by atoms with Gasteiger partial charge < -0.3 is 10.1 Å². The average molecular weight is 301 g/mol. The van der Waals surface area contributed by atoms with Crippen molar-refractivity contribution in [2.75, 3.05) is 12.4 Å². The van der Waals surface area contributed by atoms with Crippen LogP contribution in [-0.4, -0.2) is 22.3 Å². The quantitative estimate of drug-likeness (QED) is 0.767. The van der Waals surface area contributed by atoms with Gasteiger partial charge in [0.2, 0.25) is 5.95 Å². The molecule has 0 amide bonds. The second-order valence-electron chi connectivity index (χ2n) is 4.37. The Morgan fingerprint density at radius 2 is 1.95 bits per heavy atom. The molecule has 0 saturated carbocycles. The molecular formula is C15H13ClN4O. The first-order valence-electron chi connectivity index (χ1n) is 6.34. The molecule has 2 aromatic carbocycles. The number of methoxy groups -OCH3 is 1. The molecule has 1 heterocycles. The zero-order chi connectivity index (χ0) is 14.7. The summed E-state index contributed by atoms with van der Waals surface area (Å²) in [7, 11) is 1.63. The molecule has 3 aromatic rings. The fraction of sp³-hybridized carbons (Fsp3) is 0.0667. The molecule has 0 spiro atoms. The van der Waals surface area contributed by atoms with Crippen LogP contribution < -0.4 is 10.1 Å². The summed E-state index contributed by atoms with van der Waals surface area (Å²) in [5.41, 5.74) is 1.77. The Labute approximate surface area is 126 Å². The zero-order valence-corrected chi connectivity index (χ0v) is 12.1. The van der Waals surface area contributed by atoms with Gasteiger partial charge in [0.15, 0.2) is 5.82 Å². The molecule has 0 atom stereocenters. The second-order valence-corrected chi connectivity index (χ2v) is 4.81. The Morgan fingerprint density at radius 3 is 2.67 bits per heavy atom. The van der Waals surface area contributed by atoms with Gasteiger partial charge in [-0.3, -0.25) is 5.10 Å². The number of benzene rings is 2. The van der Waals surface area contributed by atoms with Crippen molar-refractivity contribution in [2.45, 2.75) is 0 Å². The molecule has 5 nitrogen and oxygen atoms in total. The van der Waals surface area contributed by atoms with Crippen molar-refractivity contribution < 1.29 is 4.74 Å². The predicted molar refractivity (Wildman–Crippen MR) is 83.1 cm³/mol. The molecule has 0 aliphatic heterocycles. The first-order chi connectivity index (χ1) is 10.2. The van der Waals surface area contributed by atoms with Crippen molar-refractivity contribution in [3.8, 4) is 17.1 Å². The number of anilines is 2. The fourth-order valence-electron chi connectivity index (χ4n) is 1.89. The molecule has 0 unspecified atom stereocenters. The first-order valence-corrected chi connectivity index (χ1v) is 6.72. The van der Waals surface area contributed by atoms with Crippen molar-refractivity contribution in [2.24, 2.45) is 0 Å². The van der Waals surface area contributed by atoms with E-state index in [-0.39, 0.29) is 0 Å². The summed E-state index contributed by atoms with van der Waals surface area (Å²) in [6.45, 7) is 0. The molecule has 6 heteroatoms. The monoisotopic (exact) mass is 300 g/mol. The highest BCUT2D eigenvalue weighted by molar-refractivity contribution is 6.30. The second kappa shape index (κ2) is 5.85. The van der Waals surface area contributed by atoms with Crippen molar-refractivity contribution in [3.63, 3.8) is 0 Å². The van der Waals surface area contributed by atoms with Crippen molar-refractivity contribution in [1.82, 2.24) is 15.2 Å². The van der Waals surface area contributed by atoms with Crippen molar-refractivity contribution in [3.05, 3.63) is 53.6 Å². The molecule has 3 rings (SSSR count). The third-order valence-corrected chi connectivity index (χ3v) is 3.16. The molecule has 0 saturated heterocycles. The van der Waals surface area contributed by atoms with Crippen LogP contribution in [0.1, 0.15) is 0 Å². The van der Waals surface area contributed by atoms with E-state index in [9.17, 15) is 0 Å². The SMILES string of the molecule is COc1ccc(Nc2n[nH]c(-c3cccc(Cl)c3)n2)cc1. The number of aromatic amines is 1. The number of halogens is 1. The number of rotatable bonds is 4. The van der Waals surface area contributed by atoms with Crippen molar-refractivity contribution in [1.29, 1.82) is 0 Å². The molecular weight excluding hydrogens is 288 g/mol. The summed E-state index contributed by atoms with van der Waals surface area (Å²) >= 11 is 5.97. The minimum absolute atomic E-state index is 0.496.